The van der Waals surface area contributed by atoms with E-state index in [0.29, 0.717) is 18.4 Å². The summed E-state index contributed by atoms with van der Waals surface area (Å²) in [5.74, 6) is 0.920. The van der Waals surface area contributed by atoms with Gasteiger partial charge in [-0.25, -0.2) is 9.97 Å². The summed E-state index contributed by atoms with van der Waals surface area (Å²) >= 11 is 0. The number of aromatic nitrogens is 5. The van der Waals surface area contributed by atoms with Gasteiger partial charge in [-0.05, 0) is 31.5 Å². The maximum Gasteiger partial charge on any atom is 0.255 e. The SMILES string of the molecule is CN(Cc1ccn[nH]1)Cc1ccc2n(c1=O)C[C@H]1C[C@@H]2CN(Cc2cncnc2)C1. The molecule has 0 aliphatic carbocycles. The summed E-state index contributed by atoms with van der Waals surface area (Å²) in [4.78, 5) is 26.1. The average Bonchev–Trinajstić information content (AvgIpc) is 3.24. The monoisotopic (exact) mass is 405 g/mol. The van der Waals surface area contributed by atoms with Crippen LogP contribution in [0.15, 0.2) is 47.9 Å². The molecule has 156 valence electrons. The molecular formula is C22H27N7O. The predicted octanol–water partition coefficient (Wildman–Crippen LogP) is 1.61. The number of hydrogen-bond donors (Lipinski definition) is 1. The zero-order valence-electron chi connectivity index (χ0n) is 17.2. The Morgan fingerprint density at radius 1 is 1.13 bits per heavy atom. The van der Waals surface area contributed by atoms with E-state index in [2.05, 4.69) is 36.0 Å². The van der Waals surface area contributed by atoms with Crippen LogP contribution < -0.4 is 5.56 Å². The fourth-order valence-electron chi connectivity index (χ4n) is 5.02. The van der Waals surface area contributed by atoms with Crippen LogP contribution in [0.25, 0.3) is 0 Å². The Labute approximate surface area is 175 Å². The number of nitrogens with one attached hydrogen (secondary N) is 1. The van der Waals surface area contributed by atoms with Crippen LogP contribution in [0.2, 0.25) is 0 Å². The molecular weight excluding hydrogens is 378 g/mol. The zero-order valence-corrected chi connectivity index (χ0v) is 17.2. The van der Waals surface area contributed by atoms with Crippen molar-refractivity contribution >= 4 is 0 Å². The molecule has 0 radical (unpaired) electrons. The minimum Gasteiger partial charge on any atom is -0.312 e. The summed E-state index contributed by atoms with van der Waals surface area (Å²) in [6.45, 7) is 5.04. The first kappa shape index (κ1) is 19.1. The molecule has 0 spiro atoms. The van der Waals surface area contributed by atoms with E-state index in [9.17, 15) is 4.79 Å². The quantitative estimate of drug-likeness (QED) is 0.671. The maximum absolute atomic E-state index is 13.2. The van der Waals surface area contributed by atoms with E-state index in [1.807, 2.05) is 36.1 Å². The van der Waals surface area contributed by atoms with Crippen molar-refractivity contribution in [2.75, 3.05) is 20.1 Å². The molecule has 0 amide bonds. The lowest BCUT2D eigenvalue weighted by Gasteiger charge is -2.43. The van der Waals surface area contributed by atoms with Crippen LogP contribution in [-0.4, -0.2) is 54.7 Å². The van der Waals surface area contributed by atoms with Crippen molar-refractivity contribution in [2.24, 2.45) is 5.92 Å². The highest BCUT2D eigenvalue weighted by atomic mass is 16.1. The van der Waals surface area contributed by atoms with Crippen LogP contribution in [0.5, 0.6) is 0 Å². The minimum atomic E-state index is 0.170. The van der Waals surface area contributed by atoms with Gasteiger partial charge in [-0.3, -0.25) is 19.7 Å². The van der Waals surface area contributed by atoms with E-state index < -0.39 is 0 Å². The van der Waals surface area contributed by atoms with Gasteiger partial charge in [0, 0.05) is 86.3 Å². The van der Waals surface area contributed by atoms with E-state index >= 15 is 0 Å². The molecule has 30 heavy (non-hydrogen) atoms. The van der Waals surface area contributed by atoms with Crippen LogP contribution in [0.1, 0.15) is 34.9 Å². The molecule has 2 bridgehead atoms. The Morgan fingerprint density at radius 2 is 2.00 bits per heavy atom. The van der Waals surface area contributed by atoms with Crippen LogP contribution in [0.4, 0.5) is 0 Å². The molecule has 1 saturated heterocycles. The Balaban J connectivity index is 1.31. The number of H-pyrrole nitrogens is 1. The second kappa shape index (κ2) is 8.12. The van der Waals surface area contributed by atoms with Crippen molar-refractivity contribution < 1.29 is 0 Å². The first-order valence-corrected chi connectivity index (χ1v) is 10.5. The Morgan fingerprint density at radius 3 is 2.80 bits per heavy atom. The van der Waals surface area contributed by atoms with Crippen molar-refractivity contribution in [3.05, 3.63) is 76.0 Å². The van der Waals surface area contributed by atoms with Gasteiger partial charge >= 0.3 is 0 Å². The van der Waals surface area contributed by atoms with Crippen molar-refractivity contribution in [3.63, 3.8) is 0 Å². The van der Waals surface area contributed by atoms with Gasteiger partial charge in [-0.1, -0.05) is 6.07 Å². The number of hydrogen-bond acceptors (Lipinski definition) is 6. The molecule has 0 saturated carbocycles. The number of nitrogens with zero attached hydrogens (tertiary/aromatic N) is 6. The largest absolute Gasteiger partial charge is 0.312 e. The minimum absolute atomic E-state index is 0.170. The summed E-state index contributed by atoms with van der Waals surface area (Å²) in [5, 5.41) is 6.97. The fraction of sp³-hybridized carbons (Fsp3) is 0.455. The fourth-order valence-corrected chi connectivity index (χ4v) is 5.02. The highest BCUT2D eigenvalue weighted by Gasteiger charge is 2.34. The van der Waals surface area contributed by atoms with Gasteiger partial charge in [0.05, 0.1) is 0 Å². The van der Waals surface area contributed by atoms with E-state index in [1.54, 1.807) is 12.5 Å². The first-order chi connectivity index (χ1) is 14.7. The van der Waals surface area contributed by atoms with Crippen molar-refractivity contribution in [2.45, 2.75) is 38.5 Å². The smallest absolute Gasteiger partial charge is 0.255 e. The first-order valence-electron chi connectivity index (χ1n) is 10.5. The second-order valence-corrected chi connectivity index (χ2v) is 8.69. The van der Waals surface area contributed by atoms with E-state index in [0.717, 1.165) is 49.5 Å². The molecule has 1 fully saturated rings. The summed E-state index contributed by atoms with van der Waals surface area (Å²) in [7, 11) is 2.03. The molecule has 0 aromatic carbocycles. The van der Waals surface area contributed by atoms with Gasteiger partial charge in [-0.15, -0.1) is 0 Å². The van der Waals surface area contributed by atoms with Crippen LogP contribution >= 0.6 is 0 Å². The topological polar surface area (TPSA) is 82.9 Å². The molecule has 0 unspecified atom stereocenters. The molecule has 2 aliphatic rings. The van der Waals surface area contributed by atoms with Crippen molar-refractivity contribution in [1.29, 1.82) is 0 Å². The van der Waals surface area contributed by atoms with Crippen molar-refractivity contribution in [3.8, 4) is 0 Å². The van der Waals surface area contributed by atoms with Gasteiger partial charge in [0.1, 0.15) is 6.33 Å². The highest BCUT2D eigenvalue weighted by Crippen LogP contribution is 2.35. The standard InChI is InChI=1S/C22H27N7O/c1-27(14-20-4-5-25-26-20)12-18-2-3-21-19-6-16(11-29(21)22(18)30)9-28(13-19)10-17-7-23-15-24-8-17/h2-5,7-8,15-16,19H,6,9-14H2,1H3,(H,25,26)/t16-,19+/m0/s1. The molecule has 5 rings (SSSR count). The number of pyridine rings is 1. The predicted molar refractivity (Wildman–Crippen MR) is 113 cm³/mol. The Bertz CT molecular complexity index is 1050. The van der Waals surface area contributed by atoms with Gasteiger partial charge in [0.15, 0.2) is 0 Å². The third-order valence-corrected chi connectivity index (χ3v) is 6.22. The molecule has 2 aliphatic heterocycles. The Hall–Kier alpha value is -2.84. The van der Waals surface area contributed by atoms with E-state index in [-0.39, 0.29) is 5.56 Å². The van der Waals surface area contributed by atoms with Gasteiger partial charge in [0.2, 0.25) is 0 Å². The lowest BCUT2D eigenvalue weighted by atomic mass is 9.83. The molecule has 8 nitrogen and oxygen atoms in total. The molecule has 5 heterocycles. The van der Waals surface area contributed by atoms with Crippen LogP contribution in [0.3, 0.4) is 0 Å². The normalized spacial score (nSPS) is 21.0. The number of rotatable bonds is 6. The van der Waals surface area contributed by atoms with Gasteiger partial charge in [0.25, 0.3) is 5.56 Å². The summed E-state index contributed by atoms with van der Waals surface area (Å²) in [5.41, 5.74) is 4.41. The number of aromatic amines is 1. The third kappa shape index (κ3) is 3.93. The van der Waals surface area contributed by atoms with Crippen molar-refractivity contribution in [1.82, 2.24) is 34.5 Å². The summed E-state index contributed by atoms with van der Waals surface area (Å²) < 4.78 is 2.04. The lowest BCUT2D eigenvalue weighted by molar-refractivity contribution is 0.114. The number of likely N-dealkylation sites (tertiary alicyclic amines) is 1. The second-order valence-electron chi connectivity index (χ2n) is 8.69. The van der Waals surface area contributed by atoms with Crippen LogP contribution in [0, 0.1) is 5.92 Å². The number of fused-ring (bicyclic) bond motifs is 4. The van der Waals surface area contributed by atoms with Gasteiger partial charge in [-0.2, -0.15) is 5.10 Å². The summed E-state index contributed by atoms with van der Waals surface area (Å²) in [6, 6.07) is 6.17. The molecule has 1 N–H and O–H groups in total. The molecule has 2 atom stereocenters. The zero-order chi connectivity index (χ0) is 20.5. The molecule has 3 aromatic heterocycles. The summed E-state index contributed by atoms with van der Waals surface area (Å²) in [6.07, 6.45) is 8.27. The van der Waals surface area contributed by atoms with Crippen LogP contribution in [-0.2, 0) is 26.2 Å². The average molecular weight is 406 g/mol. The Kier molecular flexibility index (Phi) is 5.18. The maximum atomic E-state index is 13.2. The third-order valence-electron chi connectivity index (χ3n) is 6.22. The lowest BCUT2D eigenvalue weighted by Crippen LogP contribution is -2.47. The van der Waals surface area contributed by atoms with Gasteiger partial charge < -0.3 is 4.57 Å². The highest BCUT2D eigenvalue weighted by molar-refractivity contribution is 5.22. The molecule has 8 heteroatoms. The van der Waals surface area contributed by atoms with E-state index in [1.165, 1.54) is 12.1 Å². The number of piperidine rings is 1. The van der Waals surface area contributed by atoms with E-state index in [4.69, 9.17) is 0 Å². The molecule has 3 aromatic rings.